The second-order valence-electron chi connectivity index (χ2n) is 6.83. The Kier molecular flexibility index (Phi) is 4.50. The molecule has 2 aromatic heterocycles. The molecule has 6 heteroatoms. The highest BCUT2D eigenvalue weighted by Gasteiger charge is 2.06. The molecule has 3 aromatic carbocycles. The van der Waals surface area contributed by atoms with Crippen LogP contribution in [-0.2, 0) is 0 Å². The Hall–Kier alpha value is -4.32. The van der Waals surface area contributed by atoms with Gasteiger partial charge < -0.3 is 5.73 Å². The van der Waals surface area contributed by atoms with Crippen LogP contribution in [0.4, 0.5) is 17.1 Å². The van der Waals surface area contributed by atoms with E-state index in [1.165, 1.54) is 0 Å². The quantitative estimate of drug-likeness (QED) is 0.298. The molecule has 0 bridgehead atoms. The number of azo groups is 1. The number of nitrogens with two attached hydrogens (primary N) is 1. The molecule has 5 rings (SSSR count). The van der Waals surface area contributed by atoms with Crippen LogP contribution in [0.3, 0.4) is 0 Å². The molecule has 0 aliphatic rings. The van der Waals surface area contributed by atoms with Gasteiger partial charge >= 0.3 is 0 Å². The number of benzene rings is 3. The minimum Gasteiger partial charge on any atom is -0.397 e. The van der Waals surface area contributed by atoms with Crippen LogP contribution in [0.5, 0.6) is 0 Å². The van der Waals surface area contributed by atoms with Crippen molar-refractivity contribution in [1.29, 1.82) is 0 Å². The lowest BCUT2D eigenvalue weighted by Crippen LogP contribution is -1.95. The van der Waals surface area contributed by atoms with E-state index < -0.39 is 0 Å². The summed E-state index contributed by atoms with van der Waals surface area (Å²) in [6.07, 6.45) is 5.52. The lowest BCUT2D eigenvalue weighted by molar-refractivity contribution is 0.847. The summed E-state index contributed by atoms with van der Waals surface area (Å²) in [5.41, 5.74) is 10.2. The smallest absolute Gasteiger partial charge is 0.153 e. The van der Waals surface area contributed by atoms with Gasteiger partial charge in [0.15, 0.2) is 5.82 Å². The van der Waals surface area contributed by atoms with Gasteiger partial charge in [-0.05, 0) is 41.3 Å². The van der Waals surface area contributed by atoms with Crippen molar-refractivity contribution in [3.8, 4) is 16.9 Å². The first-order chi connectivity index (χ1) is 14.8. The van der Waals surface area contributed by atoms with Crippen molar-refractivity contribution in [2.75, 3.05) is 5.73 Å². The number of rotatable bonds is 4. The minimum absolute atomic E-state index is 0.607. The van der Waals surface area contributed by atoms with Crippen LogP contribution in [0, 0.1) is 0 Å². The summed E-state index contributed by atoms with van der Waals surface area (Å²) in [6, 6.07) is 25.4. The summed E-state index contributed by atoms with van der Waals surface area (Å²) in [6.45, 7) is 0. The van der Waals surface area contributed by atoms with Gasteiger partial charge in [-0.3, -0.25) is 0 Å². The van der Waals surface area contributed by atoms with Crippen LogP contribution in [0.25, 0.3) is 27.7 Å². The molecule has 0 fully saturated rings. The van der Waals surface area contributed by atoms with Crippen LogP contribution >= 0.6 is 0 Å². The molecule has 0 amide bonds. The average Bonchev–Trinajstić information content (AvgIpc) is 3.30. The van der Waals surface area contributed by atoms with E-state index >= 15 is 0 Å². The Bertz CT molecular complexity index is 1340. The summed E-state index contributed by atoms with van der Waals surface area (Å²) in [4.78, 5) is 4.31. The molecule has 0 saturated carbocycles. The molecule has 30 heavy (non-hydrogen) atoms. The third-order valence-electron chi connectivity index (χ3n) is 4.86. The Morgan fingerprint density at radius 1 is 0.767 bits per heavy atom. The lowest BCUT2D eigenvalue weighted by atomic mass is 10.1. The van der Waals surface area contributed by atoms with Gasteiger partial charge in [0, 0.05) is 23.3 Å². The van der Waals surface area contributed by atoms with Gasteiger partial charge in [-0.15, -0.1) is 5.11 Å². The van der Waals surface area contributed by atoms with Crippen molar-refractivity contribution in [1.82, 2.24) is 14.8 Å². The first-order valence-corrected chi connectivity index (χ1v) is 9.53. The first-order valence-electron chi connectivity index (χ1n) is 9.53. The maximum absolute atomic E-state index is 6.13. The molecule has 0 atom stereocenters. The number of pyridine rings is 1. The topological polar surface area (TPSA) is 81.5 Å². The molecule has 0 spiro atoms. The zero-order chi connectivity index (χ0) is 20.3. The molecule has 2 heterocycles. The summed E-state index contributed by atoms with van der Waals surface area (Å²) in [7, 11) is 0. The van der Waals surface area contributed by atoms with E-state index in [0.29, 0.717) is 11.4 Å². The standard InChI is InChI=1S/C24H18N6/c25-22-13-10-18-5-1-2-6-21(18)24(22)29-28-20-11-8-17(9-12-20)19-15-27-30(16-19)23-7-3-4-14-26-23/h1-16H,25H2. The third-order valence-corrected chi connectivity index (χ3v) is 4.86. The summed E-state index contributed by atoms with van der Waals surface area (Å²) in [5.74, 6) is 0.779. The fraction of sp³-hybridized carbons (Fsp3) is 0. The number of hydrogen-bond acceptors (Lipinski definition) is 5. The Balaban J connectivity index is 1.40. The zero-order valence-electron chi connectivity index (χ0n) is 16.1. The van der Waals surface area contributed by atoms with Crippen molar-refractivity contribution in [3.05, 3.63) is 97.5 Å². The van der Waals surface area contributed by atoms with Crippen LogP contribution < -0.4 is 5.73 Å². The van der Waals surface area contributed by atoms with Crippen LogP contribution in [0.1, 0.15) is 0 Å². The molecule has 0 aliphatic carbocycles. The zero-order valence-corrected chi connectivity index (χ0v) is 16.1. The van der Waals surface area contributed by atoms with Crippen molar-refractivity contribution in [2.24, 2.45) is 10.2 Å². The highest BCUT2D eigenvalue weighted by molar-refractivity contribution is 5.97. The molecular formula is C24H18N6. The Morgan fingerprint density at radius 2 is 1.60 bits per heavy atom. The second-order valence-corrected chi connectivity index (χ2v) is 6.83. The maximum Gasteiger partial charge on any atom is 0.153 e. The fourth-order valence-electron chi connectivity index (χ4n) is 3.30. The first kappa shape index (κ1) is 17.8. The molecule has 5 aromatic rings. The second kappa shape index (κ2) is 7.60. The third kappa shape index (κ3) is 3.42. The predicted molar refractivity (Wildman–Crippen MR) is 119 cm³/mol. The molecule has 0 radical (unpaired) electrons. The van der Waals surface area contributed by atoms with Crippen molar-refractivity contribution < 1.29 is 0 Å². The highest BCUT2D eigenvalue weighted by Crippen LogP contribution is 2.33. The SMILES string of the molecule is Nc1ccc2ccccc2c1N=Nc1ccc(-c2cnn(-c3ccccn3)c2)cc1. The van der Waals surface area contributed by atoms with Crippen molar-refractivity contribution >= 4 is 27.8 Å². The number of fused-ring (bicyclic) bond motifs is 1. The van der Waals surface area contributed by atoms with E-state index in [0.717, 1.165) is 33.4 Å². The van der Waals surface area contributed by atoms with Gasteiger partial charge in [0.05, 0.1) is 17.6 Å². The number of nitrogen functional groups attached to an aromatic ring is 1. The van der Waals surface area contributed by atoms with Gasteiger partial charge in [-0.1, -0.05) is 48.5 Å². The van der Waals surface area contributed by atoms with Gasteiger partial charge in [0.2, 0.25) is 0 Å². The molecule has 2 N–H and O–H groups in total. The normalized spacial score (nSPS) is 11.3. The van der Waals surface area contributed by atoms with Gasteiger partial charge in [-0.25, -0.2) is 9.67 Å². The van der Waals surface area contributed by atoms with Gasteiger partial charge in [0.1, 0.15) is 5.69 Å². The minimum atomic E-state index is 0.607. The summed E-state index contributed by atoms with van der Waals surface area (Å²) >= 11 is 0. The van der Waals surface area contributed by atoms with E-state index in [1.807, 2.05) is 91.3 Å². The van der Waals surface area contributed by atoms with E-state index in [-0.39, 0.29) is 0 Å². The van der Waals surface area contributed by atoms with Gasteiger partial charge in [0.25, 0.3) is 0 Å². The maximum atomic E-state index is 6.13. The van der Waals surface area contributed by atoms with Crippen molar-refractivity contribution in [3.63, 3.8) is 0 Å². The fourth-order valence-corrected chi connectivity index (χ4v) is 3.30. The molecule has 144 valence electrons. The van der Waals surface area contributed by atoms with Crippen LogP contribution in [0.2, 0.25) is 0 Å². The van der Waals surface area contributed by atoms with Crippen LogP contribution in [-0.4, -0.2) is 14.8 Å². The van der Waals surface area contributed by atoms with Gasteiger partial charge in [-0.2, -0.15) is 10.2 Å². The Morgan fingerprint density at radius 3 is 2.43 bits per heavy atom. The molecule has 0 unspecified atom stereocenters. The number of anilines is 1. The number of hydrogen-bond donors (Lipinski definition) is 1. The number of nitrogens with zero attached hydrogens (tertiary/aromatic N) is 5. The average molecular weight is 390 g/mol. The van der Waals surface area contributed by atoms with E-state index in [4.69, 9.17) is 5.73 Å². The largest absolute Gasteiger partial charge is 0.397 e. The molecule has 0 aliphatic heterocycles. The monoisotopic (exact) mass is 390 g/mol. The van der Waals surface area contributed by atoms with Crippen LogP contribution in [0.15, 0.2) is 108 Å². The van der Waals surface area contributed by atoms with E-state index in [2.05, 4.69) is 20.3 Å². The lowest BCUT2D eigenvalue weighted by Gasteiger charge is -2.04. The summed E-state index contributed by atoms with van der Waals surface area (Å²) in [5, 5.41) is 15.3. The highest BCUT2D eigenvalue weighted by atomic mass is 15.3. The summed E-state index contributed by atoms with van der Waals surface area (Å²) < 4.78 is 1.76. The van der Waals surface area contributed by atoms with Crippen molar-refractivity contribution in [2.45, 2.75) is 0 Å². The predicted octanol–water partition coefficient (Wildman–Crippen LogP) is 6.09. The van der Waals surface area contributed by atoms with E-state index in [1.54, 1.807) is 10.9 Å². The Labute approximate surface area is 173 Å². The molecule has 0 saturated heterocycles. The molecular weight excluding hydrogens is 372 g/mol. The number of aromatic nitrogens is 3. The molecule has 6 nitrogen and oxygen atoms in total. The van der Waals surface area contributed by atoms with E-state index in [9.17, 15) is 0 Å².